The highest BCUT2D eigenvalue weighted by Crippen LogP contribution is 2.25. The lowest BCUT2D eigenvalue weighted by Crippen LogP contribution is -2.03. The number of anilines is 1. The molecular weight excluding hydrogens is 268 g/mol. The van der Waals surface area contributed by atoms with Crippen LogP contribution in [0.15, 0.2) is 23.6 Å². The molecule has 3 nitrogen and oxygen atoms in total. The molecule has 2 N–H and O–H groups in total. The zero-order chi connectivity index (χ0) is 14.5. The summed E-state index contributed by atoms with van der Waals surface area (Å²) in [5.74, 6) is 1.42. The van der Waals surface area contributed by atoms with E-state index in [4.69, 9.17) is 10.5 Å². The molecular formula is C16H22N2OS. The standard InChI is InChI=1S/C16H22N2OS/c1-11(2)6-7-19-15-5-4-13(8-14(15)17)9-16-18-12(3)10-20-16/h4-5,8,10-11H,6-7,9,17H2,1-3H3. The third-order valence-corrected chi connectivity index (χ3v) is 4.02. The van der Waals surface area contributed by atoms with Gasteiger partial charge in [0, 0.05) is 17.5 Å². The molecule has 4 heteroatoms. The van der Waals surface area contributed by atoms with Gasteiger partial charge in [0.15, 0.2) is 0 Å². The maximum atomic E-state index is 6.06. The second-order valence-corrected chi connectivity index (χ2v) is 6.41. The van der Waals surface area contributed by atoms with Gasteiger partial charge in [0.1, 0.15) is 5.75 Å². The van der Waals surface area contributed by atoms with Crippen molar-refractivity contribution >= 4 is 17.0 Å². The first-order chi connectivity index (χ1) is 9.54. The van der Waals surface area contributed by atoms with Gasteiger partial charge in [0.2, 0.25) is 0 Å². The van der Waals surface area contributed by atoms with E-state index in [-0.39, 0.29) is 0 Å². The Morgan fingerprint density at radius 3 is 2.75 bits per heavy atom. The van der Waals surface area contributed by atoms with E-state index >= 15 is 0 Å². The highest BCUT2D eigenvalue weighted by Gasteiger charge is 2.05. The Labute approximate surface area is 124 Å². The largest absolute Gasteiger partial charge is 0.491 e. The SMILES string of the molecule is Cc1csc(Cc2ccc(OCCC(C)C)c(N)c2)n1. The number of ether oxygens (including phenoxy) is 1. The van der Waals surface area contributed by atoms with Crippen LogP contribution in [0.2, 0.25) is 0 Å². The highest BCUT2D eigenvalue weighted by atomic mass is 32.1. The summed E-state index contributed by atoms with van der Waals surface area (Å²) in [5, 5.41) is 3.19. The summed E-state index contributed by atoms with van der Waals surface area (Å²) in [6.45, 7) is 7.10. The summed E-state index contributed by atoms with van der Waals surface area (Å²) < 4.78 is 5.72. The number of nitrogens with zero attached hydrogens (tertiary/aromatic N) is 1. The second kappa shape index (κ2) is 6.75. The molecule has 0 aliphatic rings. The monoisotopic (exact) mass is 290 g/mol. The number of thiazole rings is 1. The number of aromatic nitrogens is 1. The first-order valence-electron chi connectivity index (χ1n) is 6.97. The average Bonchev–Trinajstić information content (AvgIpc) is 2.77. The normalized spacial score (nSPS) is 11.0. The number of hydrogen-bond acceptors (Lipinski definition) is 4. The molecule has 1 aromatic heterocycles. The van der Waals surface area contributed by atoms with E-state index in [2.05, 4.69) is 30.3 Å². The lowest BCUT2D eigenvalue weighted by atomic mass is 10.1. The number of hydrogen-bond donors (Lipinski definition) is 1. The lowest BCUT2D eigenvalue weighted by Gasteiger charge is -2.11. The van der Waals surface area contributed by atoms with Crippen molar-refractivity contribution in [2.75, 3.05) is 12.3 Å². The Balaban J connectivity index is 1.98. The molecule has 2 aromatic rings. The summed E-state index contributed by atoms with van der Waals surface area (Å²) in [4.78, 5) is 4.47. The van der Waals surface area contributed by atoms with Crippen molar-refractivity contribution in [3.05, 3.63) is 39.8 Å². The van der Waals surface area contributed by atoms with E-state index in [0.29, 0.717) is 18.2 Å². The Hall–Kier alpha value is -1.55. The molecule has 0 saturated carbocycles. The van der Waals surface area contributed by atoms with Gasteiger partial charge in [-0.1, -0.05) is 19.9 Å². The molecule has 20 heavy (non-hydrogen) atoms. The van der Waals surface area contributed by atoms with Crippen LogP contribution in [0.1, 0.15) is 36.5 Å². The topological polar surface area (TPSA) is 48.1 Å². The minimum Gasteiger partial charge on any atom is -0.491 e. The summed E-state index contributed by atoms with van der Waals surface area (Å²) in [6, 6.07) is 6.02. The molecule has 2 rings (SSSR count). The average molecular weight is 290 g/mol. The molecule has 0 unspecified atom stereocenters. The van der Waals surface area contributed by atoms with E-state index in [9.17, 15) is 0 Å². The molecule has 0 spiro atoms. The highest BCUT2D eigenvalue weighted by molar-refractivity contribution is 7.09. The van der Waals surface area contributed by atoms with Gasteiger partial charge in [-0.3, -0.25) is 0 Å². The molecule has 0 aliphatic carbocycles. The van der Waals surface area contributed by atoms with Crippen molar-refractivity contribution in [1.29, 1.82) is 0 Å². The lowest BCUT2D eigenvalue weighted by molar-refractivity contribution is 0.291. The molecule has 0 aliphatic heterocycles. The Bertz CT molecular complexity index is 563. The Kier molecular flexibility index (Phi) is 5.01. The van der Waals surface area contributed by atoms with Crippen LogP contribution in [0, 0.1) is 12.8 Å². The van der Waals surface area contributed by atoms with Crippen LogP contribution in [-0.4, -0.2) is 11.6 Å². The van der Waals surface area contributed by atoms with Gasteiger partial charge >= 0.3 is 0 Å². The van der Waals surface area contributed by atoms with Crippen LogP contribution in [-0.2, 0) is 6.42 Å². The fourth-order valence-electron chi connectivity index (χ4n) is 1.90. The number of benzene rings is 1. The molecule has 0 bridgehead atoms. The molecule has 0 fully saturated rings. The van der Waals surface area contributed by atoms with Gasteiger partial charge in [0.25, 0.3) is 0 Å². The van der Waals surface area contributed by atoms with Crippen LogP contribution in [0.3, 0.4) is 0 Å². The van der Waals surface area contributed by atoms with Gasteiger partial charge in [-0.2, -0.15) is 0 Å². The van der Waals surface area contributed by atoms with Crippen LogP contribution in [0.25, 0.3) is 0 Å². The molecule has 1 aromatic carbocycles. The third-order valence-electron chi connectivity index (χ3n) is 3.05. The molecule has 0 atom stereocenters. The van der Waals surface area contributed by atoms with E-state index < -0.39 is 0 Å². The maximum absolute atomic E-state index is 6.06. The summed E-state index contributed by atoms with van der Waals surface area (Å²) in [7, 11) is 0. The molecule has 0 amide bonds. The quantitative estimate of drug-likeness (QED) is 0.816. The minimum atomic E-state index is 0.642. The number of nitrogens with two attached hydrogens (primary N) is 1. The fourth-order valence-corrected chi connectivity index (χ4v) is 2.71. The van der Waals surface area contributed by atoms with E-state index in [0.717, 1.165) is 29.3 Å². The van der Waals surface area contributed by atoms with Crippen molar-refractivity contribution in [2.24, 2.45) is 5.92 Å². The number of rotatable bonds is 6. The van der Waals surface area contributed by atoms with Crippen LogP contribution < -0.4 is 10.5 Å². The Morgan fingerprint density at radius 2 is 2.15 bits per heavy atom. The van der Waals surface area contributed by atoms with Crippen molar-refractivity contribution in [1.82, 2.24) is 4.98 Å². The first kappa shape index (κ1) is 14.9. The number of nitrogen functional groups attached to an aromatic ring is 1. The zero-order valence-corrected chi connectivity index (χ0v) is 13.2. The van der Waals surface area contributed by atoms with Gasteiger partial charge < -0.3 is 10.5 Å². The Morgan fingerprint density at radius 1 is 1.35 bits per heavy atom. The molecule has 0 radical (unpaired) electrons. The predicted octanol–water partition coefficient (Wildman–Crippen LogP) is 4.05. The second-order valence-electron chi connectivity index (χ2n) is 5.46. The zero-order valence-electron chi connectivity index (χ0n) is 12.3. The van der Waals surface area contributed by atoms with Crippen molar-refractivity contribution in [3.63, 3.8) is 0 Å². The van der Waals surface area contributed by atoms with E-state index in [1.54, 1.807) is 11.3 Å². The summed E-state index contributed by atoms with van der Waals surface area (Å²) in [6.07, 6.45) is 1.87. The van der Waals surface area contributed by atoms with Crippen LogP contribution in [0.5, 0.6) is 5.75 Å². The van der Waals surface area contributed by atoms with Gasteiger partial charge in [-0.05, 0) is 37.0 Å². The third kappa shape index (κ3) is 4.23. The van der Waals surface area contributed by atoms with Gasteiger partial charge in [-0.15, -0.1) is 11.3 Å². The van der Waals surface area contributed by atoms with E-state index in [1.807, 2.05) is 19.1 Å². The summed E-state index contributed by atoms with van der Waals surface area (Å²) >= 11 is 1.69. The molecule has 0 saturated heterocycles. The number of aryl methyl sites for hydroxylation is 1. The smallest absolute Gasteiger partial charge is 0.142 e. The van der Waals surface area contributed by atoms with Crippen LogP contribution >= 0.6 is 11.3 Å². The fraction of sp³-hybridized carbons (Fsp3) is 0.438. The van der Waals surface area contributed by atoms with Crippen molar-refractivity contribution in [3.8, 4) is 5.75 Å². The minimum absolute atomic E-state index is 0.642. The first-order valence-corrected chi connectivity index (χ1v) is 7.84. The van der Waals surface area contributed by atoms with Gasteiger partial charge in [0.05, 0.1) is 17.3 Å². The molecule has 1 heterocycles. The van der Waals surface area contributed by atoms with Crippen LogP contribution in [0.4, 0.5) is 5.69 Å². The van der Waals surface area contributed by atoms with Crippen molar-refractivity contribution in [2.45, 2.75) is 33.6 Å². The predicted molar refractivity (Wildman–Crippen MR) is 85.5 cm³/mol. The van der Waals surface area contributed by atoms with E-state index in [1.165, 1.54) is 5.56 Å². The summed E-state index contributed by atoms with van der Waals surface area (Å²) in [5.41, 5.74) is 9.01. The molecule has 108 valence electrons. The van der Waals surface area contributed by atoms with Gasteiger partial charge in [-0.25, -0.2) is 4.98 Å². The maximum Gasteiger partial charge on any atom is 0.142 e. The van der Waals surface area contributed by atoms with Crippen molar-refractivity contribution < 1.29 is 4.74 Å².